The summed E-state index contributed by atoms with van der Waals surface area (Å²) in [5.74, 6) is 0.657. The van der Waals surface area contributed by atoms with Crippen molar-refractivity contribution >= 4 is 0 Å². The topological polar surface area (TPSA) is 21.3 Å². The fraction of sp³-hybridized carbons (Fsp3) is 0.571. The first-order valence-corrected chi connectivity index (χ1v) is 6.48. The van der Waals surface area contributed by atoms with E-state index in [1.54, 1.807) is 12.1 Å². The van der Waals surface area contributed by atoms with Crippen molar-refractivity contribution < 1.29 is 17.9 Å². The van der Waals surface area contributed by atoms with E-state index in [9.17, 15) is 13.2 Å². The van der Waals surface area contributed by atoms with Crippen molar-refractivity contribution in [3.63, 3.8) is 0 Å². The highest BCUT2D eigenvalue weighted by Gasteiger charge is 2.31. The molecule has 5 heteroatoms. The zero-order valence-corrected chi connectivity index (χ0v) is 10.8. The van der Waals surface area contributed by atoms with Crippen LogP contribution in [0.5, 0.6) is 5.75 Å². The van der Waals surface area contributed by atoms with E-state index in [-0.39, 0.29) is 5.75 Å². The summed E-state index contributed by atoms with van der Waals surface area (Å²) in [5.41, 5.74) is 1.02. The standard InChI is InChI=1S/C14H18F3NO/c1-18-12(8-10-2-3-10)9-11-4-6-13(7-5-11)19-14(15,16)17/h4-7,10,12,18H,2-3,8-9H2,1H3. The SMILES string of the molecule is CNC(Cc1ccc(OC(F)(F)F)cc1)CC1CC1. The van der Waals surface area contributed by atoms with Gasteiger partial charge in [-0.25, -0.2) is 0 Å². The molecule has 0 spiro atoms. The summed E-state index contributed by atoms with van der Waals surface area (Å²) in [4.78, 5) is 0. The fourth-order valence-corrected chi connectivity index (χ4v) is 2.17. The molecule has 0 aromatic heterocycles. The van der Waals surface area contributed by atoms with Crippen molar-refractivity contribution in [3.05, 3.63) is 29.8 Å². The first kappa shape index (κ1) is 14.2. The van der Waals surface area contributed by atoms with Crippen LogP contribution in [-0.2, 0) is 6.42 Å². The monoisotopic (exact) mass is 273 g/mol. The number of hydrogen-bond donors (Lipinski definition) is 1. The highest BCUT2D eigenvalue weighted by molar-refractivity contribution is 5.28. The highest BCUT2D eigenvalue weighted by atomic mass is 19.4. The number of likely N-dealkylation sites (N-methyl/N-ethyl adjacent to an activating group) is 1. The van der Waals surface area contributed by atoms with Crippen LogP contribution in [0, 0.1) is 5.92 Å². The van der Waals surface area contributed by atoms with Crippen LogP contribution in [0.1, 0.15) is 24.8 Å². The van der Waals surface area contributed by atoms with Crippen molar-refractivity contribution in [2.75, 3.05) is 7.05 Å². The third-order valence-electron chi connectivity index (χ3n) is 3.36. The molecule has 2 nitrogen and oxygen atoms in total. The number of rotatable bonds is 6. The van der Waals surface area contributed by atoms with E-state index in [1.807, 2.05) is 7.05 Å². The average molecular weight is 273 g/mol. The second kappa shape index (κ2) is 5.82. The Kier molecular flexibility index (Phi) is 4.34. The van der Waals surface area contributed by atoms with Crippen molar-refractivity contribution in [2.45, 2.75) is 38.1 Å². The molecule has 0 radical (unpaired) electrons. The minimum atomic E-state index is -4.62. The van der Waals surface area contributed by atoms with Crippen molar-refractivity contribution in [3.8, 4) is 5.75 Å². The summed E-state index contributed by atoms with van der Waals surface area (Å²) in [6.07, 6.45) is -0.0509. The lowest BCUT2D eigenvalue weighted by Crippen LogP contribution is -2.28. The molecule has 19 heavy (non-hydrogen) atoms. The maximum atomic E-state index is 12.0. The first-order valence-electron chi connectivity index (χ1n) is 6.48. The number of benzene rings is 1. The Labute approximate surface area is 111 Å². The van der Waals surface area contributed by atoms with Crippen LogP contribution in [0.2, 0.25) is 0 Å². The number of halogens is 3. The fourth-order valence-electron chi connectivity index (χ4n) is 2.17. The smallest absolute Gasteiger partial charge is 0.406 e. The molecule has 2 rings (SSSR count). The Bertz CT molecular complexity index is 398. The van der Waals surface area contributed by atoms with Crippen molar-refractivity contribution in [2.24, 2.45) is 5.92 Å². The molecule has 1 saturated carbocycles. The second-order valence-corrected chi connectivity index (χ2v) is 5.06. The van der Waals surface area contributed by atoms with E-state index < -0.39 is 6.36 Å². The molecule has 0 aliphatic heterocycles. The summed E-state index contributed by atoms with van der Waals surface area (Å²) < 4.78 is 39.9. The molecule has 1 aliphatic carbocycles. The van der Waals surface area contributed by atoms with Crippen LogP contribution in [0.25, 0.3) is 0 Å². The second-order valence-electron chi connectivity index (χ2n) is 5.06. The molecule has 0 amide bonds. The van der Waals surface area contributed by atoms with Crippen LogP contribution < -0.4 is 10.1 Å². The number of ether oxygens (including phenoxy) is 1. The number of nitrogens with one attached hydrogen (secondary N) is 1. The summed E-state index contributed by atoms with van der Waals surface area (Å²) >= 11 is 0. The van der Waals surface area contributed by atoms with Crippen LogP contribution in [0.4, 0.5) is 13.2 Å². The first-order chi connectivity index (χ1) is 8.96. The van der Waals surface area contributed by atoms with Gasteiger partial charge in [0, 0.05) is 6.04 Å². The largest absolute Gasteiger partial charge is 0.573 e. The van der Waals surface area contributed by atoms with E-state index in [0.29, 0.717) is 6.04 Å². The summed E-state index contributed by atoms with van der Waals surface area (Å²) in [6.45, 7) is 0. The van der Waals surface area contributed by atoms with Gasteiger partial charge < -0.3 is 10.1 Å². The van der Waals surface area contributed by atoms with Gasteiger partial charge in [-0.15, -0.1) is 13.2 Å². The predicted octanol–water partition coefficient (Wildman–Crippen LogP) is 3.52. The number of hydrogen-bond acceptors (Lipinski definition) is 2. The van der Waals surface area contributed by atoms with Crippen molar-refractivity contribution in [1.82, 2.24) is 5.32 Å². The van der Waals surface area contributed by atoms with Gasteiger partial charge in [0.2, 0.25) is 0 Å². The molecular formula is C14H18F3NO. The third kappa shape index (κ3) is 5.11. The minimum Gasteiger partial charge on any atom is -0.406 e. The molecule has 1 aromatic carbocycles. The molecule has 1 aromatic rings. The normalized spacial score (nSPS) is 17.3. The summed E-state index contributed by atoms with van der Waals surface area (Å²) in [5, 5.41) is 3.26. The van der Waals surface area contributed by atoms with Crippen molar-refractivity contribution in [1.29, 1.82) is 0 Å². The van der Waals surface area contributed by atoms with Gasteiger partial charge in [0.05, 0.1) is 0 Å². The average Bonchev–Trinajstić information content (AvgIpc) is 3.13. The Morgan fingerprint density at radius 2 is 1.89 bits per heavy atom. The Morgan fingerprint density at radius 1 is 1.26 bits per heavy atom. The zero-order chi connectivity index (χ0) is 13.9. The zero-order valence-electron chi connectivity index (χ0n) is 10.8. The van der Waals surface area contributed by atoms with Gasteiger partial charge in [-0.3, -0.25) is 0 Å². The van der Waals surface area contributed by atoms with E-state index >= 15 is 0 Å². The van der Waals surface area contributed by atoms with E-state index in [4.69, 9.17) is 0 Å². The molecular weight excluding hydrogens is 255 g/mol. The van der Waals surface area contributed by atoms with Crippen LogP contribution in [0.15, 0.2) is 24.3 Å². The lowest BCUT2D eigenvalue weighted by atomic mass is 10.0. The summed E-state index contributed by atoms with van der Waals surface area (Å²) in [6, 6.07) is 6.51. The predicted molar refractivity (Wildman–Crippen MR) is 67.0 cm³/mol. The quantitative estimate of drug-likeness (QED) is 0.856. The van der Waals surface area contributed by atoms with Gasteiger partial charge in [0.15, 0.2) is 0 Å². The molecule has 106 valence electrons. The Balaban J connectivity index is 1.89. The van der Waals surface area contributed by atoms with Gasteiger partial charge in [0.1, 0.15) is 5.75 Å². The third-order valence-corrected chi connectivity index (χ3v) is 3.36. The maximum Gasteiger partial charge on any atom is 0.573 e. The lowest BCUT2D eigenvalue weighted by molar-refractivity contribution is -0.274. The molecule has 1 atom stereocenters. The molecule has 0 heterocycles. The summed E-state index contributed by atoms with van der Waals surface area (Å²) in [7, 11) is 1.92. The Hall–Kier alpha value is -1.23. The number of alkyl halides is 3. The van der Waals surface area contributed by atoms with Gasteiger partial charge >= 0.3 is 6.36 Å². The molecule has 1 fully saturated rings. The van der Waals surface area contributed by atoms with E-state index in [1.165, 1.54) is 25.0 Å². The Morgan fingerprint density at radius 3 is 2.37 bits per heavy atom. The van der Waals surface area contributed by atoms with Gasteiger partial charge in [-0.05, 0) is 43.5 Å². The van der Waals surface area contributed by atoms with Gasteiger partial charge in [-0.1, -0.05) is 25.0 Å². The van der Waals surface area contributed by atoms with Gasteiger partial charge in [0.25, 0.3) is 0 Å². The van der Waals surface area contributed by atoms with Crippen LogP contribution >= 0.6 is 0 Å². The molecule has 1 N–H and O–H groups in total. The molecule has 0 bridgehead atoms. The molecule has 1 aliphatic rings. The maximum absolute atomic E-state index is 12.0. The van der Waals surface area contributed by atoms with Gasteiger partial charge in [-0.2, -0.15) is 0 Å². The lowest BCUT2D eigenvalue weighted by Gasteiger charge is -2.16. The van der Waals surface area contributed by atoms with E-state index in [0.717, 1.165) is 24.3 Å². The van der Waals surface area contributed by atoms with Crippen LogP contribution in [0.3, 0.4) is 0 Å². The molecule has 1 unspecified atom stereocenters. The highest BCUT2D eigenvalue weighted by Crippen LogP contribution is 2.34. The van der Waals surface area contributed by atoms with E-state index in [2.05, 4.69) is 10.1 Å². The minimum absolute atomic E-state index is 0.167. The van der Waals surface area contributed by atoms with Crippen LogP contribution in [-0.4, -0.2) is 19.5 Å². The molecule has 0 saturated heterocycles.